The van der Waals surface area contributed by atoms with Crippen molar-refractivity contribution in [2.24, 2.45) is 0 Å². The fraction of sp³-hybridized carbons (Fsp3) is 0.455. The van der Waals surface area contributed by atoms with E-state index in [9.17, 15) is 8.42 Å². The molecule has 1 aliphatic heterocycles. The number of alkyl halides is 1. The molecule has 2 aromatic carbocycles. The fourth-order valence-electron chi connectivity index (χ4n) is 3.31. The maximum absolute atomic E-state index is 15.0. The van der Waals surface area contributed by atoms with Crippen LogP contribution in [0.4, 0.5) is 4.39 Å². The Morgan fingerprint density at radius 2 is 1.68 bits per heavy atom. The molecule has 0 saturated carbocycles. The lowest BCUT2D eigenvalue weighted by atomic mass is 9.94. The Kier molecular flexibility index (Phi) is 6.22. The number of hydrogen-bond donors (Lipinski definition) is 1. The molecule has 0 aliphatic carbocycles. The van der Waals surface area contributed by atoms with Gasteiger partial charge >= 0.3 is 0 Å². The minimum absolute atomic E-state index is 0.285. The molecule has 0 amide bonds. The van der Waals surface area contributed by atoms with E-state index in [4.69, 9.17) is 0 Å². The molecule has 1 aliphatic rings. The zero-order chi connectivity index (χ0) is 20.4. The van der Waals surface area contributed by atoms with Gasteiger partial charge in [-0.05, 0) is 55.9 Å². The second-order valence-electron chi connectivity index (χ2n) is 7.88. The average Bonchev–Trinajstić information content (AvgIpc) is 3.22. The molecule has 0 aromatic heterocycles. The summed E-state index contributed by atoms with van der Waals surface area (Å²) in [6.07, 6.45) is 2.27. The number of sulfonamides is 1. The van der Waals surface area contributed by atoms with E-state index in [0.717, 1.165) is 30.5 Å². The number of halogens is 1. The van der Waals surface area contributed by atoms with Crippen LogP contribution in [0, 0.1) is 0 Å². The first-order valence-electron chi connectivity index (χ1n) is 9.74. The fourth-order valence-corrected chi connectivity index (χ4v) is 4.11. The maximum atomic E-state index is 15.0. The molecular formula is C22H28FN2O2S. The van der Waals surface area contributed by atoms with Crippen LogP contribution < -0.4 is 10.0 Å². The van der Waals surface area contributed by atoms with Crippen LogP contribution in [-0.4, -0.2) is 26.8 Å². The summed E-state index contributed by atoms with van der Waals surface area (Å²) in [5, 5.41) is 4.01. The monoisotopic (exact) mass is 403 g/mol. The predicted molar refractivity (Wildman–Crippen MR) is 111 cm³/mol. The highest BCUT2D eigenvalue weighted by molar-refractivity contribution is 7.90. The molecule has 4 nitrogen and oxygen atoms in total. The standard InChI is InChI=1S/C22H28FN2O2S/c1-16(2)28(26,27)25-15-22(3,23)20-12-10-18(11-13-20)17-6-8-19(9-7-17)21-5-4-14-24-21/h6-13,16,21,25H,4-5,14-15H2,1-3H3. The van der Waals surface area contributed by atoms with Crippen molar-refractivity contribution in [3.05, 3.63) is 59.7 Å². The Hall–Kier alpha value is -1.76. The molecule has 1 radical (unpaired) electrons. The van der Waals surface area contributed by atoms with Crippen LogP contribution in [0.2, 0.25) is 0 Å². The van der Waals surface area contributed by atoms with Gasteiger partial charge in [0.05, 0.1) is 5.25 Å². The number of nitrogens with zero attached hydrogens (tertiary/aromatic N) is 1. The van der Waals surface area contributed by atoms with Gasteiger partial charge in [0, 0.05) is 19.1 Å². The predicted octanol–water partition coefficient (Wildman–Crippen LogP) is 4.31. The van der Waals surface area contributed by atoms with Crippen molar-refractivity contribution in [3.63, 3.8) is 0 Å². The minimum atomic E-state index is -3.50. The Bertz CT molecular complexity index is 885. The molecule has 0 spiro atoms. The van der Waals surface area contributed by atoms with Crippen LogP contribution in [0.1, 0.15) is 50.8 Å². The van der Waals surface area contributed by atoms with Gasteiger partial charge in [0.2, 0.25) is 10.0 Å². The lowest BCUT2D eigenvalue weighted by Gasteiger charge is -2.22. The average molecular weight is 404 g/mol. The van der Waals surface area contributed by atoms with E-state index in [1.54, 1.807) is 26.0 Å². The Morgan fingerprint density at radius 3 is 2.18 bits per heavy atom. The number of benzene rings is 2. The van der Waals surface area contributed by atoms with Crippen LogP contribution in [-0.2, 0) is 15.7 Å². The molecule has 2 atom stereocenters. The van der Waals surface area contributed by atoms with E-state index in [2.05, 4.69) is 34.3 Å². The highest BCUT2D eigenvalue weighted by Gasteiger charge is 2.29. The van der Waals surface area contributed by atoms with Crippen molar-refractivity contribution < 1.29 is 12.8 Å². The van der Waals surface area contributed by atoms with E-state index in [0.29, 0.717) is 11.6 Å². The third kappa shape index (κ3) is 4.80. The molecule has 1 heterocycles. The smallest absolute Gasteiger partial charge is 0.214 e. The van der Waals surface area contributed by atoms with Gasteiger partial charge in [0.25, 0.3) is 0 Å². The molecule has 1 saturated heterocycles. The van der Waals surface area contributed by atoms with Crippen LogP contribution >= 0.6 is 0 Å². The number of hydrogen-bond acceptors (Lipinski definition) is 2. The highest BCUT2D eigenvalue weighted by Crippen LogP contribution is 2.30. The maximum Gasteiger partial charge on any atom is 0.214 e. The van der Waals surface area contributed by atoms with Crippen molar-refractivity contribution >= 4 is 10.0 Å². The summed E-state index contributed by atoms with van der Waals surface area (Å²) in [5.41, 5.74) is 1.97. The topological polar surface area (TPSA) is 60.3 Å². The van der Waals surface area contributed by atoms with Crippen LogP contribution in [0.15, 0.2) is 48.5 Å². The van der Waals surface area contributed by atoms with Gasteiger partial charge in [-0.1, -0.05) is 48.5 Å². The zero-order valence-electron chi connectivity index (χ0n) is 16.7. The summed E-state index contributed by atoms with van der Waals surface area (Å²) in [6, 6.07) is 15.9. The van der Waals surface area contributed by atoms with Crippen LogP contribution in [0.5, 0.6) is 0 Å². The van der Waals surface area contributed by atoms with Crippen LogP contribution in [0.25, 0.3) is 11.1 Å². The van der Waals surface area contributed by atoms with Gasteiger partial charge in [0.15, 0.2) is 0 Å². The van der Waals surface area contributed by atoms with Crippen molar-refractivity contribution in [1.29, 1.82) is 0 Å². The SMILES string of the molecule is CC(C)S(=O)(=O)NCC(C)(F)c1ccc(-c2ccc(C3CCC[N]3)cc2)cc1. The molecular weight excluding hydrogens is 375 g/mol. The molecule has 3 rings (SSSR count). The third-order valence-corrected chi connectivity index (χ3v) is 7.11. The van der Waals surface area contributed by atoms with E-state index in [1.807, 2.05) is 12.1 Å². The summed E-state index contributed by atoms with van der Waals surface area (Å²) in [5.74, 6) is 0. The largest absolute Gasteiger partial charge is 0.238 e. The summed E-state index contributed by atoms with van der Waals surface area (Å²) in [6.45, 7) is 5.19. The van der Waals surface area contributed by atoms with Gasteiger partial charge in [-0.2, -0.15) is 0 Å². The second kappa shape index (κ2) is 8.31. The molecule has 0 bridgehead atoms. The van der Waals surface area contributed by atoms with Gasteiger partial charge in [0.1, 0.15) is 5.67 Å². The van der Waals surface area contributed by atoms with Crippen molar-refractivity contribution in [2.45, 2.75) is 50.6 Å². The van der Waals surface area contributed by atoms with Crippen molar-refractivity contribution in [3.8, 4) is 11.1 Å². The summed E-state index contributed by atoms with van der Waals surface area (Å²) < 4.78 is 41.2. The summed E-state index contributed by atoms with van der Waals surface area (Å²) >= 11 is 0. The van der Waals surface area contributed by atoms with Gasteiger partial charge in [-0.3, -0.25) is 0 Å². The number of rotatable bonds is 7. The molecule has 1 fully saturated rings. The van der Waals surface area contributed by atoms with Crippen LogP contribution in [0.3, 0.4) is 0 Å². The Labute approximate surface area is 167 Å². The van der Waals surface area contributed by atoms with Gasteiger partial charge in [-0.15, -0.1) is 0 Å². The normalized spacial score (nSPS) is 19.7. The van der Waals surface area contributed by atoms with E-state index >= 15 is 4.39 Å². The lowest BCUT2D eigenvalue weighted by molar-refractivity contribution is 0.196. The third-order valence-electron chi connectivity index (χ3n) is 5.33. The molecule has 2 unspecified atom stereocenters. The van der Waals surface area contributed by atoms with E-state index in [1.165, 1.54) is 12.5 Å². The quantitative estimate of drug-likeness (QED) is 0.749. The molecule has 28 heavy (non-hydrogen) atoms. The summed E-state index contributed by atoms with van der Waals surface area (Å²) in [7, 11) is -3.50. The van der Waals surface area contributed by atoms with E-state index in [-0.39, 0.29) is 6.54 Å². The lowest BCUT2D eigenvalue weighted by Crippen LogP contribution is -2.39. The molecule has 1 N–H and O–H groups in total. The van der Waals surface area contributed by atoms with Crippen molar-refractivity contribution in [1.82, 2.24) is 10.0 Å². The molecule has 2 aromatic rings. The van der Waals surface area contributed by atoms with Crippen molar-refractivity contribution in [2.75, 3.05) is 13.1 Å². The minimum Gasteiger partial charge on any atom is -0.238 e. The molecule has 6 heteroatoms. The van der Waals surface area contributed by atoms with E-state index < -0.39 is 20.9 Å². The zero-order valence-corrected chi connectivity index (χ0v) is 17.5. The first kappa shape index (κ1) is 21.0. The summed E-state index contributed by atoms with van der Waals surface area (Å²) in [4.78, 5) is 0. The number of nitrogens with one attached hydrogen (secondary N) is 1. The second-order valence-corrected chi connectivity index (χ2v) is 10.2. The molecule has 151 valence electrons. The Balaban J connectivity index is 1.70. The first-order valence-corrected chi connectivity index (χ1v) is 11.3. The van der Waals surface area contributed by atoms with Gasteiger partial charge in [-0.25, -0.2) is 22.8 Å². The highest BCUT2D eigenvalue weighted by atomic mass is 32.2. The first-order chi connectivity index (χ1) is 13.2. The van der Waals surface area contributed by atoms with Gasteiger partial charge < -0.3 is 0 Å². The Morgan fingerprint density at radius 1 is 1.11 bits per heavy atom.